The molecule has 2 aliphatic rings. The smallest absolute Gasteiger partial charge is 0.222 e. The molecule has 0 aromatic rings. The van der Waals surface area contributed by atoms with Crippen molar-refractivity contribution in [3.05, 3.63) is 0 Å². The Balaban J connectivity index is 2.04. The van der Waals surface area contributed by atoms with E-state index in [0.29, 0.717) is 6.42 Å². The van der Waals surface area contributed by atoms with Gasteiger partial charge in [0.25, 0.3) is 0 Å². The zero-order valence-corrected chi connectivity index (χ0v) is 8.10. The molecule has 0 aromatic heterocycles. The van der Waals surface area contributed by atoms with Gasteiger partial charge in [-0.2, -0.15) is 0 Å². The van der Waals surface area contributed by atoms with Crippen LogP contribution in [0, 0.1) is 0 Å². The summed E-state index contributed by atoms with van der Waals surface area (Å²) >= 11 is 0. The first-order chi connectivity index (χ1) is 6.20. The van der Waals surface area contributed by atoms with Crippen molar-refractivity contribution in [3.8, 4) is 0 Å². The van der Waals surface area contributed by atoms with Crippen molar-refractivity contribution in [2.45, 2.75) is 24.9 Å². The summed E-state index contributed by atoms with van der Waals surface area (Å²) < 4.78 is 0. The first-order valence-electron chi connectivity index (χ1n) is 4.95. The van der Waals surface area contributed by atoms with Crippen molar-refractivity contribution in [1.82, 2.24) is 15.5 Å². The molecule has 2 fully saturated rings. The lowest BCUT2D eigenvalue weighted by Gasteiger charge is -2.45. The van der Waals surface area contributed by atoms with Gasteiger partial charge in [0, 0.05) is 19.5 Å². The molecule has 2 saturated heterocycles. The molecule has 1 spiro atoms. The van der Waals surface area contributed by atoms with E-state index in [2.05, 4.69) is 22.6 Å². The highest BCUT2D eigenvalue weighted by atomic mass is 16.2. The van der Waals surface area contributed by atoms with Gasteiger partial charge in [-0.3, -0.25) is 10.1 Å². The molecule has 2 aliphatic heterocycles. The summed E-state index contributed by atoms with van der Waals surface area (Å²) in [6.07, 6.45) is 2.83. The van der Waals surface area contributed by atoms with E-state index < -0.39 is 0 Å². The predicted octanol–water partition coefficient (Wildman–Crippen LogP) is -0.482. The molecular weight excluding hydrogens is 166 g/mol. The van der Waals surface area contributed by atoms with E-state index in [-0.39, 0.29) is 11.6 Å². The van der Waals surface area contributed by atoms with Crippen LogP contribution in [-0.4, -0.2) is 43.2 Å². The third kappa shape index (κ3) is 1.84. The Bertz CT molecular complexity index is 215. The van der Waals surface area contributed by atoms with Gasteiger partial charge in [-0.05, 0) is 26.4 Å². The molecule has 0 aliphatic carbocycles. The van der Waals surface area contributed by atoms with Gasteiger partial charge in [0.2, 0.25) is 5.91 Å². The van der Waals surface area contributed by atoms with Crippen LogP contribution in [0.2, 0.25) is 0 Å². The SMILES string of the molecule is CN1CCCC2(C1)NCCC(=O)N2. The molecule has 0 radical (unpaired) electrons. The van der Waals surface area contributed by atoms with Crippen LogP contribution < -0.4 is 10.6 Å². The zero-order valence-electron chi connectivity index (χ0n) is 8.10. The van der Waals surface area contributed by atoms with Gasteiger partial charge in [-0.25, -0.2) is 0 Å². The number of nitrogens with zero attached hydrogens (tertiary/aromatic N) is 1. The Morgan fingerprint density at radius 3 is 3.08 bits per heavy atom. The van der Waals surface area contributed by atoms with Crippen molar-refractivity contribution in [2.24, 2.45) is 0 Å². The standard InChI is InChI=1S/C9H17N3O/c1-12-6-2-4-9(7-12)10-5-3-8(13)11-9/h10H,2-7H2,1H3,(H,11,13). The summed E-state index contributed by atoms with van der Waals surface area (Å²) in [5.41, 5.74) is -0.123. The van der Waals surface area contributed by atoms with Gasteiger partial charge in [0.05, 0.1) is 0 Å². The quantitative estimate of drug-likeness (QED) is 0.533. The third-order valence-corrected chi connectivity index (χ3v) is 2.88. The minimum absolute atomic E-state index is 0.123. The van der Waals surface area contributed by atoms with E-state index in [1.54, 1.807) is 0 Å². The maximum Gasteiger partial charge on any atom is 0.222 e. The van der Waals surface area contributed by atoms with E-state index in [4.69, 9.17) is 0 Å². The summed E-state index contributed by atoms with van der Waals surface area (Å²) in [5.74, 6) is 0.189. The Hall–Kier alpha value is -0.610. The fourth-order valence-electron chi connectivity index (χ4n) is 2.30. The van der Waals surface area contributed by atoms with Crippen LogP contribution >= 0.6 is 0 Å². The van der Waals surface area contributed by atoms with Crippen molar-refractivity contribution in [1.29, 1.82) is 0 Å². The molecule has 2 N–H and O–H groups in total. The lowest BCUT2D eigenvalue weighted by molar-refractivity contribution is -0.126. The summed E-state index contributed by atoms with van der Waals surface area (Å²) in [5, 5.41) is 6.49. The Kier molecular flexibility index (Phi) is 2.26. The Labute approximate surface area is 78.7 Å². The molecule has 4 heteroatoms. The molecule has 0 aromatic carbocycles. The second kappa shape index (κ2) is 3.27. The molecule has 4 nitrogen and oxygen atoms in total. The second-order valence-electron chi connectivity index (χ2n) is 4.15. The molecule has 2 heterocycles. The van der Waals surface area contributed by atoms with Crippen LogP contribution in [0.4, 0.5) is 0 Å². The minimum Gasteiger partial charge on any atom is -0.337 e. The normalized spacial score (nSPS) is 36.2. The Morgan fingerprint density at radius 2 is 2.38 bits per heavy atom. The van der Waals surface area contributed by atoms with Crippen molar-refractivity contribution < 1.29 is 4.79 Å². The average molecular weight is 183 g/mol. The van der Waals surface area contributed by atoms with Gasteiger partial charge < -0.3 is 10.2 Å². The summed E-state index contributed by atoms with van der Waals surface area (Å²) in [7, 11) is 2.10. The highest BCUT2D eigenvalue weighted by Crippen LogP contribution is 2.19. The molecule has 1 amide bonds. The number of piperidine rings is 1. The molecule has 1 atom stereocenters. The monoisotopic (exact) mass is 183 g/mol. The first kappa shape index (κ1) is 8.97. The van der Waals surface area contributed by atoms with Gasteiger partial charge in [0.1, 0.15) is 5.66 Å². The van der Waals surface area contributed by atoms with Crippen LogP contribution in [0.3, 0.4) is 0 Å². The van der Waals surface area contributed by atoms with E-state index in [9.17, 15) is 4.79 Å². The number of nitrogens with one attached hydrogen (secondary N) is 2. The van der Waals surface area contributed by atoms with E-state index in [1.165, 1.54) is 0 Å². The topological polar surface area (TPSA) is 44.4 Å². The molecule has 2 rings (SSSR count). The van der Waals surface area contributed by atoms with Crippen molar-refractivity contribution in [3.63, 3.8) is 0 Å². The molecule has 1 unspecified atom stereocenters. The first-order valence-corrected chi connectivity index (χ1v) is 4.95. The number of hydrogen-bond acceptors (Lipinski definition) is 3. The number of likely N-dealkylation sites (tertiary alicyclic amines) is 1. The largest absolute Gasteiger partial charge is 0.337 e. The molecule has 0 bridgehead atoms. The van der Waals surface area contributed by atoms with Crippen LogP contribution in [0.5, 0.6) is 0 Å². The van der Waals surface area contributed by atoms with E-state index >= 15 is 0 Å². The maximum absolute atomic E-state index is 11.3. The minimum atomic E-state index is -0.123. The van der Waals surface area contributed by atoms with Gasteiger partial charge in [-0.15, -0.1) is 0 Å². The van der Waals surface area contributed by atoms with Gasteiger partial charge in [0.15, 0.2) is 0 Å². The molecule has 13 heavy (non-hydrogen) atoms. The fourth-order valence-corrected chi connectivity index (χ4v) is 2.30. The van der Waals surface area contributed by atoms with Crippen LogP contribution in [-0.2, 0) is 4.79 Å². The average Bonchev–Trinajstić information content (AvgIpc) is 2.02. The number of rotatable bonds is 0. The number of likely N-dealkylation sites (N-methyl/N-ethyl adjacent to an activating group) is 1. The highest BCUT2D eigenvalue weighted by molar-refractivity contribution is 5.77. The zero-order chi connectivity index (χ0) is 9.31. The third-order valence-electron chi connectivity index (χ3n) is 2.88. The van der Waals surface area contributed by atoms with Crippen LogP contribution in [0.1, 0.15) is 19.3 Å². The number of carbonyl (C=O) groups is 1. The van der Waals surface area contributed by atoms with Crippen LogP contribution in [0.25, 0.3) is 0 Å². The number of amides is 1. The van der Waals surface area contributed by atoms with Crippen LogP contribution in [0.15, 0.2) is 0 Å². The van der Waals surface area contributed by atoms with E-state index in [1.807, 2.05) is 0 Å². The highest BCUT2D eigenvalue weighted by Gasteiger charge is 2.37. The molecular formula is C9H17N3O. The fraction of sp³-hybridized carbons (Fsp3) is 0.889. The predicted molar refractivity (Wildman–Crippen MR) is 50.2 cm³/mol. The summed E-state index contributed by atoms with van der Waals surface area (Å²) in [6.45, 7) is 2.89. The van der Waals surface area contributed by atoms with Crippen molar-refractivity contribution >= 4 is 5.91 Å². The Morgan fingerprint density at radius 1 is 1.54 bits per heavy atom. The van der Waals surface area contributed by atoms with Gasteiger partial charge in [-0.1, -0.05) is 0 Å². The molecule has 0 saturated carbocycles. The van der Waals surface area contributed by atoms with Crippen molar-refractivity contribution in [2.75, 3.05) is 26.7 Å². The van der Waals surface area contributed by atoms with E-state index in [0.717, 1.165) is 32.5 Å². The summed E-state index contributed by atoms with van der Waals surface area (Å²) in [4.78, 5) is 13.5. The van der Waals surface area contributed by atoms with Gasteiger partial charge >= 0.3 is 0 Å². The second-order valence-corrected chi connectivity index (χ2v) is 4.15. The number of carbonyl (C=O) groups excluding carboxylic acids is 1. The summed E-state index contributed by atoms with van der Waals surface area (Å²) in [6, 6.07) is 0. The maximum atomic E-state index is 11.3. The lowest BCUT2D eigenvalue weighted by Crippen LogP contribution is -2.69. The molecule has 74 valence electrons. The lowest BCUT2D eigenvalue weighted by atomic mass is 9.96. The number of hydrogen-bond donors (Lipinski definition) is 2.